The molecule has 5 rings (SSSR count). The highest BCUT2D eigenvalue weighted by atomic mass is 79.9. The standard InChI is InChI=1S/C34H32Br2N2O4/c1-23-6-4-7-25(20-23)22-37-33(40)34(21-24-10-14-27(35)15-11-24)31(29-8-2-3-9-30(29)36)42-32(38-34)26-12-16-28(17-13-26)41-19-5-18-39/h2-4,6-17,20,31,39H,5,18-19,21-22H2,1H3,(H,37,40)/t31-,34-/m1/s1. The minimum atomic E-state index is -1.28. The maximum Gasteiger partial charge on any atom is 0.252 e. The van der Waals surface area contributed by atoms with Gasteiger partial charge in [0.25, 0.3) is 5.91 Å². The number of aliphatic hydroxyl groups is 1. The van der Waals surface area contributed by atoms with Crippen molar-refractivity contribution in [3.8, 4) is 5.75 Å². The van der Waals surface area contributed by atoms with Gasteiger partial charge in [-0.1, -0.05) is 92.0 Å². The molecule has 1 amide bonds. The Morgan fingerprint density at radius 2 is 1.74 bits per heavy atom. The Kier molecular flexibility index (Phi) is 9.77. The third-order valence-electron chi connectivity index (χ3n) is 7.14. The second-order valence-electron chi connectivity index (χ2n) is 10.3. The van der Waals surface area contributed by atoms with Gasteiger partial charge in [-0.2, -0.15) is 0 Å². The van der Waals surface area contributed by atoms with Crippen molar-refractivity contribution in [3.63, 3.8) is 0 Å². The van der Waals surface area contributed by atoms with Gasteiger partial charge in [0.05, 0.1) is 6.61 Å². The lowest BCUT2D eigenvalue weighted by Gasteiger charge is -2.31. The van der Waals surface area contributed by atoms with E-state index in [-0.39, 0.29) is 12.5 Å². The van der Waals surface area contributed by atoms with Gasteiger partial charge in [-0.3, -0.25) is 4.79 Å². The number of nitrogens with zero attached hydrogens (tertiary/aromatic N) is 1. The van der Waals surface area contributed by atoms with E-state index in [0.717, 1.165) is 36.8 Å². The van der Waals surface area contributed by atoms with Gasteiger partial charge in [-0.05, 0) is 60.5 Å². The molecule has 8 heteroatoms. The van der Waals surface area contributed by atoms with Crippen molar-refractivity contribution in [2.45, 2.75) is 38.0 Å². The fourth-order valence-corrected chi connectivity index (χ4v) is 5.77. The third kappa shape index (κ3) is 6.94. The van der Waals surface area contributed by atoms with Crippen molar-refractivity contribution in [2.24, 2.45) is 4.99 Å². The zero-order chi connectivity index (χ0) is 29.5. The van der Waals surface area contributed by atoms with Crippen LogP contribution in [0.25, 0.3) is 0 Å². The van der Waals surface area contributed by atoms with Crippen molar-refractivity contribution in [3.05, 3.63) is 134 Å². The summed E-state index contributed by atoms with van der Waals surface area (Å²) in [6.45, 7) is 2.91. The van der Waals surface area contributed by atoms with Crippen LogP contribution in [-0.4, -0.2) is 35.7 Å². The number of benzene rings is 4. The number of hydrogen-bond acceptors (Lipinski definition) is 5. The highest BCUT2D eigenvalue weighted by molar-refractivity contribution is 9.10. The third-order valence-corrected chi connectivity index (χ3v) is 8.39. The monoisotopic (exact) mass is 690 g/mol. The summed E-state index contributed by atoms with van der Waals surface area (Å²) in [5.74, 6) is 0.859. The Morgan fingerprint density at radius 1 is 0.976 bits per heavy atom. The molecule has 4 aromatic rings. The first-order valence-corrected chi connectivity index (χ1v) is 15.4. The zero-order valence-corrected chi connectivity index (χ0v) is 26.4. The average molecular weight is 692 g/mol. The smallest absolute Gasteiger partial charge is 0.252 e. The molecule has 2 atom stereocenters. The molecule has 6 nitrogen and oxygen atoms in total. The summed E-state index contributed by atoms with van der Waals surface area (Å²) < 4.78 is 14.1. The van der Waals surface area contributed by atoms with Crippen molar-refractivity contribution in [1.82, 2.24) is 5.32 Å². The van der Waals surface area contributed by atoms with Crippen LogP contribution in [0.2, 0.25) is 0 Å². The van der Waals surface area contributed by atoms with E-state index in [1.54, 1.807) is 0 Å². The van der Waals surface area contributed by atoms with E-state index >= 15 is 0 Å². The largest absolute Gasteiger partial charge is 0.494 e. The number of aryl methyl sites for hydroxylation is 1. The normalized spacial score (nSPS) is 17.8. The van der Waals surface area contributed by atoms with Gasteiger partial charge in [-0.15, -0.1) is 0 Å². The number of nitrogens with one attached hydrogen (secondary N) is 1. The summed E-state index contributed by atoms with van der Waals surface area (Å²) in [4.78, 5) is 19.5. The highest BCUT2D eigenvalue weighted by Gasteiger charge is 2.53. The molecule has 1 heterocycles. The van der Waals surface area contributed by atoms with E-state index in [9.17, 15) is 4.79 Å². The first-order valence-electron chi connectivity index (χ1n) is 13.8. The Bertz CT molecular complexity index is 1560. The molecule has 1 aliphatic rings. The van der Waals surface area contributed by atoms with Crippen LogP contribution >= 0.6 is 31.9 Å². The number of ether oxygens (including phenoxy) is 2. The van der Waals surface area contributed by atoms with Crippen LogP contribution in [0.4, 0.5) is 0 Å². The Labute approximate surface area is 263 Å². The maximum absolute atomic E-state index is 14.4. The molecule has 4 aromatic carbocycles. The number of amides is 1. The van der Waals surface area contributed by atoms with Gasteiger partial charge in [0.2, 0.25) is 5.90 Å². The topological polar surface area (TPSA) is 80.2 Å². The molecule has 1 aliphatic heterocycles. The number of carbonyl (C=O) groups is 1. The molecule has 0 saturated carbocycles. The molecule has 0 bridgehead atoms. The fraction of sp³-hybridized carbons (Fsp3) is 0.235. The second-order valence-corrected chi connectivity index (χ2v) is 12.1. The molecule has 2 N–H and O–H groups in total. The summed E-state index contributed by atoms with van der Waals surface area (Å²) in [6.07, 6.45) is 0.198. The average Bonchev–Trinajstić information content (AvgIpc) is 3.38. The Hall–Kier alpha value is -3.46. The summed E-state index contributed by atoms with van der Waals surface area (Å²) >= 11 is 7.22. The first-order chi connectivity index (χ1) is 20.4. The van der Waals surface area contributed by atoms with Gasteiger partial charge in [-0.25, -0.2) is 4.99 Å². The van der Waals surface area contributed by atoms with Gasteiger partial charge < -0.3 is 19.9 Å². The predicted molar refractivity (Wildman–Crippen MR) is 172 cm³/mol. The maximum atomic E-state index is 14.4. The molecule has 0 radical (unpaired) electrons. The molecule has 0 fully saturated rings. The summed E-state index contributed by atoms with van der Waals surface area (Å²) in [6, 6.07) is 31.3. The van der Waals surface area contributed by atoms with Crippen LogP contribution in [0.1, 0.15) is 40.3 Å². The molecule has 0 aromatic heterocycles. The summed E-state index contributed by atoms with van der Waals surface area (Å²) in [5, 5.41) is 12.2. The van der Waals surface area contributed by atoms with Crippen LogP contribution in [-0.2, 0) is 22.5 Å². The SMILES string of the molecule is Cc1cccc(CNC(=O)[C@]2(Cc3ccc(Br)cc3)N=C(c3ccc(OCCCO)cc3)O[C@@H]2c2ccccc2Br)c1. The van der Waals surface area contributed by atoms with Crippen LogP contribution in [0.5, 0.6) is 5.75 Å². The van der Waals surface area contributed by atoms with E-state index in [0.29, 0.717) is 37.6 Å². The fourth-order valence-electron chi connectivity index (χ4n) is 5.02. The number of halogens is 2. The molecular weight excluding hydrogens is 660 g/mol. The number of aliphatic hydroxyl groups excluding tert-OH is 1. The van der Waals surface area contributed by atoms with E-state index in [2.05, 4.69) is 43.2 Å². The predicted octanol–water partition coefficient (Wildman–Crippen LogP) is 7.10. The van der Waals surface area contributed by atoms with Gasteiger partial charge in [0.1, 0.15) is 5.75 Å². The number of aliphatic imine (C=N–C) groups is 1. The number of hydrogen-bond donors (Lipinski definition) is 2. The molecule has 0 saturated heterocycles. The van der Waals surface area contributed by atoms with E-state index in [1.807, 2.05) is 97.9 Å². The second kappa shape index (κ2) is 13.7. The number of rotatable bonds is 11. The lowest BCUT2D eigenvalue weighted by Crippen LogP contribution is -2.49. The molecule has 0 unspecified atom stereocenters. The first kappa shape index (κ1) is 30.0. The van der Waals surface area contributed by atoms with Crippen LogP contribution in [0.3, 0.4) is 0 Å². The molecular formula is C34H32Br2N2O4. The summed E-state index contributed by atoms with van der Waals surface area (Å²) in [7, 11) is 0. The van der Waals surface area contributed by atoms with Crippen LogP contribution < -0.4 is 10.1 Å². The van der Waals surface area contributed by atoms with Crippen LogP contribution in [0.15, 0.2) is 111 Å². The number of carbonyl (C=O) groups excluding carboxylic acids is 1. The van der Waals surface area contributed by atoms with Crippen molar-refractivity contribution >= 4 is 43.7 Å². The lowest BCUT2D eigenvalue weighted by atomic mass is 9.82. The van der Waals surface area contributed by atoms with Crippen molar-refractivity contribution in [2.75, 3.05) is 13.2 Å². The van der Waals surface area contributed by atoms with Crippen molar-refractivity contribution in [1.29, 1.82) is 0 Å². The van der Waals surface area contributed by atoms with Gasteiger partial charge in [0, 0.05) is 46.1 Å². The van der Waals surface area contributed by atoms with E-state index < -0.39 is 11.6 Å². The van der Waals surface area contributed by atoms with E-state index in [4.69, 9.17) is 19.6 Å². The minimum absolute atomic E-state index is 0.0750. The van der Waals surface area contributed by atoms with Crippen molar-refractivity contribution < 1.29 is 19.4 Å². The van der Waals surface area contributed by atoms with E-state index in [1.165, 1.54) is 0 Å². The molecule has 0 spiro atoms. The quantitative estimate of drug-likeness (QED) is 0.165. The zero-order valence-electron chi connectivity index (χ0n) is 23.2. The molecule has 42 heavy (non-hydrogen) atoms. The Balaban J connectivity index is 1.56. The minimum Gasteiger partial charge on any atom is -0.494 e. The summed E-state index contributed by atoms with van der Waals surface area (Å²) in [5.41, 5.74) is 3.40. The Morgan fingerprint density at radius 3 is 2.45 bits per heavy atom. The molecule has 216 valence electrons. The van der Waals surface area contributed by atoms with Gasteiger partial charge in [0.15, 0.2) is 11.6 Å². The lowest BCUT2D eigenvalue weighted by molar-refractivity contribution is -0.129. The van der Waals surface area contributed by atoms with Gasteiger partial charge >= 0.3 is 0 Å². The molecule has 0 aliphatic carbocycles. The highest BCUT2D eigenvalue weighted by Crippen LogP contribution is 2.44. The van der Waals surface area contributed by atoms with Crippen LogP contribution in [0, 0.1) is 6.92 Å².